The molecule has 1 saturated heterocycles. The molecule has 0 spiro atoms. The van der Waals surface area contributed by atoms with Gasteiger partial charge in [-0.15, -0.1) is 11.8 Å². The van der Waals surface area contributed by atoms with Crippen LogP contribution < -0.4 is 5.32 Å². The molecule has 0 bridgehead atoms. The molecule has 74 valence electrons. The molecule has 0 amide bonds. The Kier molecular flexibility index (Phi) is 4.88. The van der Waals surface area contributed by atoms with Crippen molar-refractivity contribution in [1.82, 2.24) is 10.2 Å². The van der Waals surface area contributed by atoms with Crippen LogP contribution >= 0.6 is 0 Å². The van der Waals surface area contributed by atoms with Gasteiger partial charge in [-0.25, -0.2) is 0 Å². The maximum Gasteiger partial charge on any atom is 0.0217 e. The highest BCUT2D eigenvalue weighted by Gasteiger charge is 2.07. The summed E-state index contributed by atoms with van der Waals surface area (Å²) in [5.41, 5.74) is 0. The Morgan fingerprint density at radius 2 is 2.00 bits per heavy atom. The van der Waals surface area contributed by atoms with Gasteiger partial charge in [-0.3, -0.25) is 4.90 Å². The van der Waals surface area contributed by atoms with E-state index in [0.29, 0.717) is 5.92 Å². The van der Waals surface area contributed by atoms with Crippen LogP contribution in [0.1, 0.15) is 20.3 Å². The van der Waals surface area contributed by atoms with E-state index in [1.807, 2.05) is 0 Å². The van der Waals surface area contributed by atoms with Crippen LogP contribution in [0.15, 0.2) is 0 Å². The van der Waals surface area contributed by atoms with Crippen LogP contribution in [0.2, 0.25) is 0 Å². The standard InChI is InChI=1S/C11H20N2/c1-11(2)5-3-4-8-13-9-6-12-7-10-13/h11-12H,4,6-10H2,1-2H3. The highest BCUT2D eigenvalue weighted by atomic mass is 15.2. The van der Waals surface area contributed by atoms with Gasteiger partial charge in [0.1, 0.15) is 0 Å². The summed E-state index contributed by atoms with van der Waals surface area (Å²) in [6, 6.07) is 0. The summed E-state index contributed by atoms with van der Waals surface area (Å²) >= 11 is 0. The molecule has 2 nitrogen and oxygen atoms in total. The Hall–Kier alpha value is -0.520. The molecule has 1 fully saturated rings. The van der Waals surface area contributed by atoms with Crippen molar-refractivity contribution in [1.29, 1.82) is 0 Å². The number of rotatable bonds is 2. The molecular weight excluding hydrogens is 160 g/mol. The largest absolute Gasteiger partial charge is 0.314 e. The first-order chi connectivity index (χ1) is 6.29. The van der Waals surface area contributed by atoms with Crippen molar-refractivity contribution in [3.63, 3.8) is 0 Å². The molecule has 1 N–H and O–H groups in total. The number of nitrogens with one attached hydrogen (secondary N) is 1. The molecule has 0 aromatic carbocycles. The lowest BCUT2D eigenvalue weighted by molar-refractivity contribution is 0.246. The summed E-state index contributed by atoms with van der Waals surface area (Å²) < 4.78 is 0. The summed E-state index contributed by atoms with van der Waals surface area (Å²) in [7, 11) is 0. The Balaban J connectivity index is 2.08. The third-order valence-corrected chi connectivity index (χ3v) is 2.15. The molecule has 0 aromatic heterocycles. The molecule has 13 heavy (non-hydrogen) atoms. The van der Waals surface area contributed by atoms with Crippen LogP contribution in [-0.2, 0) is 0 Å². The zero-order valence-electron chi connectivity index (χ0n) is 8.77. The van der Waals surface area contributed by atoms with E-state index in [-0.39, 0.29) is 0 Å². The molecule has 1 heterocycles. The van der Waals surface area contributed by atoms with Crippen molar-refractivity contribution in [3.05, 3.63) is 0 Å². The van der Waals surface area contributed by atoms with Gasteiger partial charge < -0.3 is 5.32 Å². The van der Waals surface area contributed by atoms with Crippen LogP contribution in [-0.4, -0.2) is 37.6 Å². The van der Waals surface area contributed by atoms with Gasteiger partial charge in [0.25, 0.3) is 0 Å². The Labute approximate surface area is 81.7 Å². The average molecular weight is 180 g/mol. The van der Waals surface area contributed by atoms with Gasteiger partial charge in [-0.1, -0.05) is 13.8 Å². The Morgan fingerprint density at radius 1 is 1.31 bits per heavy atom. The molecular formula is C11H20N2. The SMILES string of the molecule is CC(C)C#CCCN1CCNCC1. The topological polar surface area (TPSA) is 15.3 Å². The van der Waals surface area contributed by atoms with Crippen LogP contribution in [0.5, 0.6) is 0 Å². The van der Waals surface area contributed by atoms with E-state index in [2.05, 4.69) is 35.9 Å². The summed E-state index contributed by atoms with van der Waals surface area (Å²) in [6.45, 7) is 10.1. The molecule has 0 unspecified atom stereocenters. The van der Waals surface area contributed by atoms with Gasteiger partial charge in [-0.2, -0.15) is 0 Å². The second-order valence-electron chi connectivity index (χ2n) is 3.82. The molecule has 1 aliphatic heterocycles. The maximum absolute atomic E-state index is 3.35. The van der Waals surface area contributed by atoms with E-state index >= 15 is 0 Å². The fourth-order valence-corrected chi connectivity index (χ4v) is 1.43. The smallest absolute Gasteiger partial charge is 0.0217 e. The number of piperazine rings is 1. The lowest BCUT2D eigenvalue weighted by atomic mass is 10.2. The second-order valence-corrected chi connectivity index (χ2v) is 3.82. The van der Waals surface area contributed by atoms with Crippen LogP contribution in [0.4, 0.5) is 0 Å². The van der Waals surface area contributed by atoms with Crippen LogP contribution in [0.3, 0.4) is 0 Å². The van der Waals surface area contributed by atoms with E-state index in [4.69, 9.17) is 0 Å². The Morgan fingerprint density at radius 3 is 2.62 bits per heavy atom. The molecule has 0 radical (unpaired) electrons. The first kappa shape index (κ1) is 10.6. The summed E-state index contributed by atoms with van der Waals surface area (Å²) in [5, 5.41) is 3.35. The summed E-state index contributed by atoms with van der Waals surface area (Å²) in [5.74, 6) is 6.93. The number of hydrogen-bond acceptors (Lipinski definition) is 2. The molecule has 2 heteroatoms. The molecule has 0 saturated carbocycles. The van der Waals surface area contributed by atoms with Gasteiger partial charge >= 0.3 is 0 Å². The van der Waals surface area contributed by atoms with E-state index in [1.165, 1.54) is 13.1 Å². The lowest BCUT2D eigenvalue weighted by Gasteiger charge is -2.26. The van der Waals surface area contributed by atoms with Crippen molar-refractivity contribution in [3.8, 4) is 11.8 Å². The number of hydrogen-bond donors (Lipinski definition) is 1. The fraction of sp³-hybridized carbons (Fsp3) is 0.818. The highest BCUT2D eigenvalue weighted by Crippen LogP contribution is 1.94. The minimum Gasteiger partial charge on any atom is -0.314 e. The molecule has 0 aliphatic carbocycles. The van der Waals surface area contributed by atoms with E-state index in [0.717, 1.165) is 26.1 Å². The van der Waals surface area contributed by atoms with Gasteiger partial charge in [0, 0.05) is 45.1 Å². The van der Waals surface area contributed by atoms with E-state index in [9.17, 15) is 0 Å². The maximum atomic E-state index is 3.35. The zero-order valence-corrected chi connectivity index (χ0v) is 8.77. The van der Waals surface area contributed by atoms with Gasteiger partial charge in [0.05, 0.1) is 0 Å². The predicted molar refractivity (Wildman–Crippen MR) is 56.5 cm³/mol. The summed E-state index contributed by atoms with van der Waals surface area (Å²) in [6.07, 6.45) is 1.03. The van der Waals surface area contributed by atoms with Crippen molar-refractivity contribution >= 4 is 0 Å². The minimum absolute atomic E-state index is 0.517. The van der Waals surface area contributed by atoms with Gasteiger partial charge in [-0.05, 0) is 0 Å². The first-order valence-electron chi connectivity index (χ1n) is 5.20. The van der Waals surface area contributed by atoms with Crippen molar-refractivity contribution < 1.29 is 0 Å². The van der Waals surface area contributed by atoms with Gasteiger partial charge in [0.15, 0.2) is 0 Å². The Bertz CT molecular complexity index is 182. The predicted octanol–water partition coefficient (Wildman–Crippen LogP) is 0.941. The van der Waals surface area contributed by atoms with Crippen LogP contribution in [0, 0.1) is 17.8 Å². The minimum atomic E-state index is 0.517. The van der Waals surface area contributed by atoms with Crippen LogP contribution in [0.25, 0.3) is 0 Å². The van der Waals surface area contributed by atoms with E-state index < -0.39 is 0 Å². The quantitative estimate of drug-likeness (QED) is 0.636. The van der Waals surface area contributed by atoms with E-state index in [1.54, 1.807) is 0 Å². The normalized spacial score (nSPS) is 18.4. The lowest BCUT2D eigenvalue weighted by Crippen LogP contribution is -2.43. The fourth-order valence-electron chi connectivity index (χ4n) is 1.43. The average Bonchev–Trinajstić information content (AvgIpc) is 2.14. The third-order valence-electron chi connectivity index (χ3n) is 2.15. The van der Waals surface area contributed by atoms with Crippen molar-refractivity contribution in [2.45, 2.75) is 20.3 Å². The molecule has 1 rings (SSSR count). The number of nitrogens with zero attached hydrogens (tertiary/aromatic N) is 1. The molecule has 0 aromatic rings. The second kappa shape index (κ2) is 6.01. The first-order valence-corrected chi connectivity index (χ1v) is 5.20. The van der Waals surface area contributed by atoms with Crippen molar-refractivity contribution in [2.75, 3.05) is 32.7 Å². The third kappa shape index (κ3) is 4.92. The molecule has 1 aliphatic rings. The summed E-state index contributed by atoms with van der Waals surface area (Å²) in [4.78, 5) is 2.48. The molecule has 0 atom stereocenters. The van der Waals surface area contributed by atoms with Gasteiger partial charge in [0.2, 0.25) is 0 Å². The monoisotopic (exact) mass is 180 g/mol. The van der Waals surface area contributed by atoms with Crippen molar-refractivity contribution in [2.24, 2.45) is 5.92 Å². The highest BCUT2D eigenvalue weighted by molar-refractivity contribution is 5.01. The zero-order chi connectivity index (χ0) is 9.52.